The van der Waals surface area contributed by atoms with Crippen molar-refractivity contribution in [3.63, 3.8) is 0 Å². The van der Waals surface area contributed by atoms with Gasteiger partial charge in [-0.25, -0.2) is 0 Å². The Morgan fingerprint density at radius 3 is 1.75 bits per heavy atom. The molecule has 0 aliphatic carbocycles. The molecule has 0 aromatic carbocycles. The summed E-state index contributed by atoms with van der Waals surface area (Å²) >= 11 is 0. The molecule has 0 unspecified atom stereocenters. The maximum atomic E-state index is 7.32. The Morgan fingerprint density at radius 2 is 1.75 bits per heavy atom. The average molecular weight is 171 g/mol. The van der Waals surface area contributed by atoms with E-state index in [9.17, 15) is 0 Å². The van der Waals surface area contributed by atoms with Crippen molar-refractivity contribution >= 4 is 23.7 Å². The predicted octanol–water partition coefficient (Wildman–Crippen LogP) is -0.386. The van der Waals surface area contributed by atoms with Crippen LogP contribution in [0, 0.1) is 11.3 Å². The van der Waals surface area contributed by atoms with E-state index in [-0.39, 0.29) is 23.7 Å². The molecule has 0 fully saturated rings. The first-order valence-corrected chi connectivity index (χ1v) is 0.724. The van der Waals surface area contributed by atoms with Gasteiger partial charge < -0.3 is 0 Å². The second kappa shape index (κ2) is 10.4. The van der Waals surface area contributed by atoms with E-state index in [0.717, 1.165) is 0 Å². The van der Waals surface area contributed by atoms with Crippen LogP contribution in [-0.2, 0) is 0 Å². The maximum absolute atomic E-state index is 7.32. The van der Waals surface area contributed by atoms with Gasteiger partial charge in [-0.2, -0.15) is 5.26 Å². The Balaban J connectivity index is 0. The summed E-state index contributed by atoms with van der Waals surface area (Å²) in [4.78, 5) is 0. The molecule has 0 rings (SSSR count). The second-order valence-corrected chi connectivity index (χ2v) is 0.224. The molecule has 0 saturated carbocycles. The van der Waals surface area contributed by atoms with Gasteiger partial charge in [0.2, 0.25) is 0 Å². The summed E-state index contributed by atoms with van der Waals surface area (Å²) in [6.45, 7) is 1.43. The van der Waals surface area contributed by atoms with Gasteiger partial charge >= 0.3 is 23.7 Å². The SMILES string of the molecule is CC#N.[TeH2]. The molecule has 2 heteroatoms. The van der Waals surface area contributed by atoms with Crippen LogP contribution in [0.3, 0.4) is 0 Å². The van der Waals surface area contributed by atoms with Crippen LogP contribution in [0.5, 0.6) is 0 Å². The molecule has 0 aromatic rings. The molecule has 0 aliphatic rings. The van der Waals surface area contributed by atoms with Crippen LogP contribution in [0.15, 0.2) is 0 Å². The third-order valence-electron chi connectivity index (χ3n) is 0. The number of hydrogen-bond acceptors (Lipinski definition) is 1. The molecule has 0 amide bonds. The molecular formula is C2H5NTe. The first-order valence-electron chi connectivity index (χ1n) is 0.724. The minimum absolute atomic E-state index is 0. The summed E-state index contributed by atoms with van der Waals surface area (Å²) in [5, 5.41) is 7.32. The van der Waals surface area contributed by atoms with E-state index in [1.807, 2.05) is 0 Å². The van der Waals surface area contributed by atoms with Crippen LogP contribution in [0.2, 0.25) is 0 Å². The van der Waals surface area contributed by atoms with Crippen molar-refractivity contribution in [2.24, 2.45) is 0 Å². The number of nitriles is 1. The predicted molar refractivity (Wildman–Crippen MR) is 19.8 cm³/mol. The third kappa shape index (κ3) is 47.7. The van der Waals surface area contributed by atoms with E-state index < -0.39 is 0 Å². The Hall–Kier alpha value is 0.280. The molecule has 0 spiro atoms. The van der Waals surface area contributed by atoms with E-state index in [2.05, 4.69) is 0 Å². The Morgan fingerprint density at radius 1 is 1.75 bits per heavy atom. The van der Waals surface area contributed by atoms with Crippen LogP contribution in [0.4, 0.5) is 0 Å². The fourth-order valence-corrected chi connectivity index (χ4v) is 0. The van der Waals surface area contributed by atoms with Crippen molar-refractivity contribution in [2.75, 3.05) is 0 Å². The van der Waals surface area contributed by atoms with Crippen LogP contribution in [-0.4, -0.2) is 23.7 Å². The Kier molecular flexibility index (Phi) is 23.0. The molecular weight excluding hydrogens is 166 g/mol. The van der Waals surface area contributed by atoms with E-state index >= 15 is 0 Å². The van der Waals surface area contributed by atoms with Gasteiger partial charge in [0, 0.05) is 6.92 Å². The summed E-state index contributed by atoms with van der Waals surface area (Å²) in [5.41, 5.74) is 0. The van der Waals surface area contributed by atoms with Gasteiger partial charge in [0.15, 0.2) is 0 Å². The van der Waals surface area contributed by atoms with Crippen LogP contribution in [0.25, 0.3) is 0 Å². The fraction of sp³-hybridized carbons (Fsp3) is 0.500. The van der Waals surface area contributed by atoms with Crippen molar-refractivity contribution in [1.82, 2.24) is 0 Å². The average Bonchev–Trinajstić information content (AvgIpc) is 0.918. The van der Waals surface area contributed by atoms with Gasteiger partial charge in [-0.3, -0.25) is 0 Å². The van der Waals surface area contributed by atoms with Crippen molar-refractivity contribution < 1.29 is 0 Å². The van der Waals surface area contributed by atoms with Gasteiger partial charge in [0.1, 0.15) is 0 Å². The summed E-state index contributed by atoms with van der Waals surface area (Å²) in [6, 6.07) is 1.75. The molecule has 4 heavy (non-hydrogen) atoms. The quantitative estimate of drug-likeness (QED) is 0.455. The zero-order chi connectivity index (χ0) is 2.71. The fourth-order valence-electron chi connectivity index (χ4n) is 0. The summed E-state index contributed by atoms with van der Waals surface area (Å²) < 4.78 is 0. The topological polar surface area (TPSA) is 23.8 Å². The van der Waals surface area contributed by atoms with Crippen molar-refractivity contribution in [3.8, 4) is 6.07 Å². The van der Waals surface area contributed by atoms with Crippen LogP contribution >= 0.6 is 0 Å². The number of hydrogen-bond donors (Lipinski definition) is 0. The Bertz CT molecular complexity index is 27.5. The first-order chi connectivity index (χ1) is 1.41. The molecule has 0 aromatic heterocycles. The van der Waals surface area contributed by atoms with Gasteiger partial charge in [0.25, 0.3) is 0 Å². The number of rotatable bonds is 0. The van der Waals surface area contributed by atoms with Crippen LogP contribution < -0.4 is 0 Å². The molecule has 0 radical (unpaired) electrons. The zero-order valence-corrected chi connectivity index (χ0v) is 5.30. The van der Waals surface area contributed by atoms with E-state index in [4.69, 9.17) is 5.26 Å². The summed E-state index contributed by atoms with van der Waals surface area (Å²) in [5.74, 6) is 0. The summed E-state index contributed by atoms with van der Waals surface area (Å²) in [6.07, 6.45) is 0. The Labute approximate surface area is 42.3 Å². The van der Waals surface area contributed by atoms with Gasteiger partial charge in [0.05, 0.1) is 6.07 Å². The molecule has 1 nitrogen and oxygen atoms in total. The molecule has 0 aliphatic heterocycles. The zero-order valence-electron chi connectivity index (χ0n) is 2.45. The monoisotopic (exact) mass is 173 g/mol. The minimum atomic E-state index is 0. The first kappa shape index (κ1) is 8.86. The third-order valence-corrected chi connectivity index (χ3v) is 0. The number of nitrogens with zero attached hydrogens (tertiary/aromatic N) is 1. The van der Waals surface area contributed by atoms with Crippen molar-refractivity contribution in [3.05, 3.63) is 0 Å². The standard InChI is InChI=1S/C2H3N.H2Te/c1-2-3;/h1H3;1H2. The second-order valence-electron chi connectivity index (χ2n) is 0.224. The molecule has 0 bridgehead atoms. The normalized spacial score (nSPS) is 2.00. The van der Waals surface area contributed by atoms with E-state index in [0.29, 0.717) is 0 Å². The van der Waals surface area contributed by atoms with Crippen molar-refractivity contribution in [2.45, 2.75) is 6.92 Å². The summed E-state index contributed by atoms with van der Waals surface area (Å²) in [7, 11) is 0. The van der Waals surface area contributed by atoms with Crippen LogP contribution in [0.1, 0.15) is 6.92 Å². The molecule has 0 saturated heterocycles. The van der Waals surface area contributed by atoms with E-state index in [1.165, 1.54) is 6.92 Å². The van der Waals surface area contributed by atoms with Gasteiger partial charge in [-0.1, -0.05) is 0 Å². The van der Waals surface area contributed by atoms with Crippen molar-refractivity contribution in [1.29, 1.82) is 5.26 Å². The van der Waals surface area contributed by atoms with E-state index in [1.54, 1.807) is 6.07 Å². The molecule has 24 valence electrons. The van der Waals surface area contributed by atoms with Gasteiger partial charge in [-0.05, 0) is 0 Å². The molecule has 0 heterocycles. The molecule has 0 N–H and O–H groups in total. The molecule has 0 atom stereocenters. The van der Waals surface area contributed by atoms with Gasteiger partial charge in [-0.15, -0.1) is 0 Å².